The lowest BCUT2D eigenvalue weighted by Crippen LogP contribution is -1.98. The van der Waals surface area contributed by atoms with Crippen LogP contribution in [0, 0.1) is 5.92 Å². The number of rotatable bonds is 1. The molecule has 0 radical (unpaired) electrons. The largest absolute Gasteiger partial charge is 0.303 e. The molecule has 0 bridgehead atoms. The van der Waals surface area contributed by atoms with E-state index in [1.165, 1.54) is 0 Å². The summed E-state index contributed by atoms with van der Waals surface area (Å²) in [6.07, 6.45) is 7.17. The summed E-state index contributed by atoms with van der Waals surface area (Å²) >= 11 is 5.61. The van der Waals surface area contributed by atoms with Gasteiger partial charge < -0.3 is 4.79 Å². The second kappa shape index (κ2) is 2.83. The third-order valence-electron chi connectivity index (χ3n) is 1.23. The molecule has 1 aliphatic carbocycles. The molecule has 0 aromatic rings. The Morgan fingerprint density at radius 2 is 2.56 bits per heavy atom. The van der Waals surface area contributed by atoms with Crippen molar-refractivity contribution in [3.8, 4) is 0 Å². The fourth-order valence-corrected chi connectivity index (χ4v) is 1.01. The van der Waals surface area contributed by atoms with Crippen molar-refractivity contribution in [1.82, 2.24) is 0 Å². The van der Waals surface area contributed by atoms with E-state index in [9.17, 15) is 4.79 Å². The Morgan fingerprint density at radius 3 is 3.00 bits per heavy atom. The van der Waals surface area contributed by atoms with Crippen LogP contribution in [0.5, 0.6) is 0 Å². The van der Waals surface area contributed by atoms with E-state index in [2.05, 4.69) is 0 Å². The molecule has 0 saturated carbocycles. The quantitative estimate of drug-likeness (QED) is 0.511. The van der Waals surface area contributed by atoms with E-state index in [4.69, 9.17) is 11.6 Å². The van der Waals surface area contributed by atoms with Crippen LogP contribution in [0.3, 0.4) is 0 Å². The van der Waals surface area contributed by atoms with Gasteiger partial charge in [0.1, 0.15) is 6.29 Å². The van der Waals surface area contributed by atoms with Crippen LogP contribution in [0.2, 0.25) is 0 Å². The first-order valence-corrected chi connectivity index (χ1v) is 3.20. The first-order valence-electron chi connectivity index (χ1n) is 2.82. The number of allylic oxidation sites excluding steroid dienone is 4. The Bertz CT molecular complexity index is 170. The monoisotopic (exact) mass is 142 g/mol. The Kier molecular flexibility index (Phi) is 2.06. The average molecular weight is 143 g/mol. The van der Waals surface area contributed by atoms with Crippen LogP contribution >= 0.6 is 11.6 Å². The lowest BCUT2D eigenvalue weighted by atomic mass is 10.0. The summed E-state index contributed by atoms with van der Waals surface area (Å²) in [5.74, 6) is 0.00231. The van der Waals surface area contributed by atoms with Crippen molar-refractivity contribution in [3.05, 3.63) is 23.3 Å². The van der Waals surface area contributed by atoms with Crippen molar-refractivity contribution in [2.75, 3.05) is 0 Å². The average Bonchev–Trinajstić information content (AvgIpc) is 1.88. The van der Waals surface area contributed by atoms with E-state index in [0.29, 0.717) is 5.03 Å². The van der Waals surface area contributed by atoms with Gasteiger partial charge in [-0.1, -0.05) is 23.8 Å². The molecule has 1 aliphatic rings. The number of aldehydes is 1. The normalized spacial score (nSPS) is 25.4. The molecule has 1 atom stereocenters. The molecule has 0 aliphatic heterocycles. The van der Waals surface area contributed by atoms with Crippen LogP contribution in [-0.2, 0) is 4.79 Å². The number of carbonyl (C=O) groups excluding carboxylic acids is 1. The van der Waals surface area contributed by atoms with Crippen molar-refractivity contribution in [3.63, 3.8) is 0 Å². The van der Waals surface area contributed by atoms with Crippen molar-refractivity contribution < 1.29 is 4.79 Å². The van der Waals surface area contributed by atoms with Gasteiger partial charge >= 0.3 is 0 Å². The van der Waals surface area contributed by atoms with E-state index in [-0.39, 0.29) is 5.92 Å². The summed E-state index contributed by atoms with van der Waals surface area (Å²) < 4.78 is 0. The fourth-order valence-electron chi connectivity index (χ4n) is 0.761. The van der Waals surface area contributed by atoms with Crippen molar-refractivity contribution in [2.45, 2.75) is 6.42 Å². The summed E-state index contributed by atoms with van der Waals surface area (Å²) in [7, 11) is 0. The predicted molar refractivity (Wildman–Crippen MR) is 37.2 cm³/mol. The Morgan fingerprint density at radius 1 is 1.78 bits per heavy atom. The number of carbonyl (C=O) groups is 1. The van der Waals surface area contributed by atoms with Gasteiger partial charge in [-0.05, 0) is 12.5 Å². The fraction of sp³-hybridized carbons (Fsp3) is 0.286. The first kappa shape index (κ1) is 6.56. The maximum Gasteiger partial charge on any atom is 0.127 e. The van der Waals surface area contributed by atoms with Gasteiger partial charge in [0.25, 0.3) is 0 Å². The molecule has 0 amide bonds. The maximum absolute atomic E-state index is 10.2. The zero-order chi connectivity index (χ0) is 6.69. The Labute approximate surface area is 59.0 Å². The van der Waals surface area contributed by atoms with Gasteiger partial charge in [-0.3, -0.25) is 0 Å². The van der Waals surface area contributed by atoms with Gasteiger partial charge in [-0.2, -0.15) is 0 Å². The molecule has 9 heavy (non-hydrogen) atoms. The summed E-state index contributed by atoms with van der Waals surface area (Å²) in [6, 6.07) is 0. The summed E-state index contributed by atoms with van der Waals surface area (Å²) in [5, 5.41) is 0.665. The van der Waals surface area contributed by atoms with Crippen LogP contribution < -0.4 is 0 Å². The van der Waals surface area contributed by atoms with Gasteiger partial charge in [0.2, 0.25) is 0 Å². The highest BCUT2D eigenvalue weighted by Gasteiger charge is 2.04. The molecule has 0 aromatic heterocycles. The molecule has 1 unspecified atom stereocenters. The van der Waals surface area contributed by atoms with E-state index in [0.717, 1.165) is 12.7 Å². The van der Waals surface area contributed by atoms with Crippen LogP contribution in [0.25, 0.3) is 0 Å². The number of hydrogen-bond donors (Lipinski definition) is 0. The molecule has 0 saturated heterocycles. The van der Waals surface area contributed by atoms with E-state index in [1.54, 1.807) is 6.08 Å². The summed E-state index contributed by atoms with van der Waals surface area (Å²) in [6.45, 7) is 0. The Balaban J connectivity index is 2.65. The highest BCUT2D eigenvalue weighted by atomic mass is 35.5. The van der Waals surface area contributed by atoms with E-state index < -0.39 is 0 Å². The second-order valence-electron chi connectivity index (χ2n) is 1.99. The van der Waals surface area contributed by atoms with Gasteiger partial charge in [-0.15, -0.1) is 0 Å². The van der Waals surface area contributed by atoms with E-state index in [1.807, 2.05) is 12.2 Å². The van der Waals surface area contributed by atoms with Crippen molar-refractivity contribution in [1.29, 1.82) is 0 Å². The van der Waals surface area contributed by atoms with Gasteiger partial charge in [0, 0.05) is 11.0 Å². The van der Waals surface area contributed by atoms with Crippen LogP contribution in [0.1, 0.15) is 6.42 Å². The lowest BCUT2D eigenvalue weighted by Gasteiger charge is -2.04. The molecule has 2 heteroatoms. The van der Waals surface area contributed by atoms with Gasteiger partial charge in [0.15, 0.2) is 0 Å². The van der Waals surface area contributed by atoms with Crippen LogP contribution in [0.15, 0.2) is 23.3 Å². The molecule has 0 fully saturated rings. The smallest absolute Gasteiger partial charge is 0.127 e. The third-order valence-corrected chi connectivity index (χ3v) is 1.49. The van der Waals surface area contributed by atoms with Crippen molar-refractivity contribution in [2.24, 2.45) is 5.92 Å². The zero-order valence-corrected chi connectivity index (χ0v) is 5.64. The number of halogens is 1. The molecule has 0 heterocycles. The molecule has 1 nitrogen and oxygen atoms in total. The van der Waals surface area contributed by atoms with E-state index >= 15 is 0 Å². The lowest BCUT2D eigenvalue weighted by molar-refractivity contribution is -0.109. The highest BCUT2D eigenvalue weighted by Crippen LogP contribution is 2.16. The van der Waals surface area contributed by atoms with Gasteiger partial charge in [-0.25, -0.2) is 0 Å². The zero-order valence-electron chi connectivity index (χ0n) is 4.88. The van der Waals surface area contributed by atoms with Crippen LogP contribution in [0.4, 0.5) is 0 Å². The number of hydrogen-bond acceptors (Lipinski definition) is 1. The molecular weight excluding hydrogens is 136 g/mol. The molecule has 48 valence electrons. The molecule has 1 rings (SSSR count). The minimum atomic E-state index is 0.00231. The maximum atomic E-state index is 10.2. The highest BCUT2D eigenvalue weighted by molar-refractivity contribution is 6.31. The molecule has 0 spiro atoms. The first-order chi connectivity index (χ1) is 4.33. The summed E-state index contributed by atoms with van der Waals surface area (Å²) in [4.78, 5) is 10.2. The Hall–Kier alpha value is -0.560. The SMILES string of the molecule is O=CC1C=C(Cl)C=CC1. The molecule has 0 aromatic carbocycles. The third kappa shape index (κ3) is 1.68. The minimum absolute atomic E-state index is 0.00231. The standard InChI is InChI=1S/C7H7ClO/c8-7-3-1-2-6(4-7)5-9/h1,3-6H,2H2. The van der Waals surface area contributed by atoms with Crippen LogP contribution in [-0.4, -0.2) is 6.29 Å². The molecule has 0 N–H and O–H groups in total. The van der Waals surface area contributed by atoms with Gasteiger partial charge in [0.05, 0.1) is 0 Å². The minimum Gasteiger partial charge on any atom is -0.303 e. The topological polar surface area (TPSA) is 17.1 Å². The predicted octanol–water partition coefficient (Wildman–Crippen LogP) is 1.88. The second-order valence-corrected chi connectivity index (χ2v) is 2.43. The summed E-state index contributed by atoms with van der Waals surface area (Å²) in [5.41, 5.74) is 0. The van der Waals surface area contributed by atoms with Crippen molar-refractivity contribution >= 4 is 17.9 Å². The molecular formula is C7H7ClO.